The first-order valence-electron chi connectivity index (χ1n) is 10.5. The van der Waals surface area contributed by atoms with E-state index in [-0.39, 0.29) is 36.2 Å². The lowest BCUT2D eigenvalue weighted by Crippen LogP contribution is -2.31. The van der Waals surface area contributed by atoms with Crippen LogP contribution in [0.15, 0.2) is 51.6 Å². The molecule has 0 saturated heterocycles. The van der Waals surface area contributed by atoms with Gasteiger partial charge in [-0.05, 0) is 19.1 Å². The number of H-pyrrole nitrogens is 1. The van der Waals surface area contributed by atoms with Gasteiger partial charge >= 0.3 is 11.9 Å². The summed E-state index contributed by atoms with van der Waals surface area (Å²) in [5.74, 6) is -0.192. The summed E-state index contributed by atoms with van der Waals surface area (Å²) in [4.78, 5) is 50.1. The van der Waals surface area contributed by atoms with Crippen LogP contribution in [0.25, 0.3) is 16.1 Å². The Kier molecular flexibility index (Phi) is 5.43. The zero-order valence-corrected chi connectivity index (χ0v) is 19.0. The number of Topliss-reactive ketones (excluding diaryl/α,β-unsaturated/α-hetero) is 1. The molecule has 4 heterocycles. The monoisotopic (exact) mass is 502 g/mol. The van der Waals surface area contributed by atoms with Gasteiger partial charge in [-0.25, -0.2) is 14.8 Å². The van der Waals surface area contributed by atoms with Gasteiger partial charge < -0.3 is 4.57 Å². The molecule has 0 saturated carbocycles. The maximum atomic E-state index is 13.0. The minimum atomic E-state index is -4.52. The number of fused-ring (bicyclic) bond motifs is 2. The first-order chi connectivity index (χ1) is 16.7. The van der Waals surface area contributed by atoms with Crippen LogP contribution in [-0.2, 0) is 25.7 Å². The molecular weight excluding hydrogens is 485 g/mol. The molecule has 35 heavy (non-hydrogen) atoms. The van der Waals surface area contributed by atoms with Crippen molar-refractivity contribution in [3.05, 3.63) is 85.5 Å². The number of carbonyl (C=O) groups is 1. The minimum absolute atomic E-state index is 0.0303. The predicted molar refractivity (Wildman–Crippen MR) is 122 cm³/mol. The van der Waals surface area contributed by atoms with E-state index in [4.69, 9.17) is 0 Å². The zero-order chi connectivity index (χ0) is 24.9. The number of halogens is 3. The van der Waals surface area contributed by atoms with Crippen LogP contribution in [0.5, 0.6) is 0 Å². The summed E-state index contributed by atoms with van der Waals surface area (Å²) in [7, 11) is 0. The Morgan fingerprint density at radius 1 is 1.11 bits per heavy atom. The highest BCUT2D eigenvalue weighted by molar-refractivity contribution is 7.15. The second kappa shape index (κ2) is 8.34. The molecule has 0 fully saturated rings. The average Bonchev–Trinajstić information content (AvgIpc) is 3.48. The Bertz CT molecular complexity index is 1660. The van der Waals surface area contributed by atoms with Gasteiger partial charge in [0.05, 0.1) is 17.8 Å². The number of rotatable bonds is 6. The van der Waals surface area contributed by atoms with Crippen molar-refractivity contribution in [2.24, 2.45) is 0 Å². The summed E-state index contributed by atoms with van der Waals surface area (Å²) in [6.45, 7) is 1.59. The minimum Gasteiger partial charge on any atom is -0.314 e. The molecule has 1 N–H and O–H groups in total. The number of thiazole rings is 1. The third-order valence-corrected chi connectivity index (χ3v) is 6.37. The summed E-state index contributed by atoms with van der Waals surface area (Å²) in [6, 6.07) is 3.86. The molecule has 13 heteroatoms. The summed E-state index contributed by atoms with van der Waals surface area (Å²) in [5.41, 5.74) is -1.37. The lowest BCUT2D eigenvalue weighted by atomic mass is 10.1. The molecular formula is C22H17F3N6O3S. The van der Waals surface area contributed by atoms with E-state index >= 15 is 0 Å². The Labute approximate surface area is 198 Å². The van der Waals surface area contributed by atoms with Gasteiger partial charge in [-0.1, -0.05) is 12.1 Å². The largest absolute Gasteiger partial charge is 0.416 e. The van der Waals surface area contributed by atoms with E-state index in [2.05, 4.69) is 15.0 Å². The number of carbonyl (C=O) groups excluding carboxylic acids is 1. The fourth-order valence-electron chi connectivity index (χ4n) is 3.92. The third kappa shape index (κ3) is 4.07. The number of hydrogen-bond donors (Lipinski definition) is 1. The number of ketones is 1. The Morgan fingerprint density at radius 3 is 2.51 bits per heavy atom. The van der Waals surface area contributed by atoms with Gasteiger partial charge in [-0.15, -0.1) is 11.3 Å². The number of nitrogens with zero attached hydrogens (tertiary/aromatic N) is 5. The maximum Gasteiger partial charge on any atom is 0.416 e. The lowest BCUT2D eigenvalue weighted by molar-refractivity contribution is -0.137. The van der Waals surface area contributed by atoms with Crippen LogP contribution in [-0.4, -0.2) is 34.3 Å². The molecule has 0 unspecified atom stereocenters. The van der Waals surface area contributed by atoms with Crippen LogP contribution < -0.4 is 11.2 Å². The fourth-order valence-corrected chi connectivity index (χ4v) is 4.64. The lowest BCUT2D eigenvalue weighted by Gasteiger charge is -2.10. The number of aromatic amines is 1. The van der Waals surface area contributed by atoms with Crippen molar-refractivity contribution in [3.63, 3.8) is 0 Å². The normalized spacial score (nSPS) is 12.1. The molecule has 9 nitrogen and oxygen atoms in total. The fraction of sp³-hybridized carbons (Fsp3) is 0.227. The van der Waals surface area contributed by atoms with Crippen LogP contribution in [0.1, 0.15) is 34.4 Å². The number of nitrogens with one attached hydrogen (secondary N) is 1. The van der Waals surface area contributed by atoms with E-state index in [0.717, 1.165) is 29.2 Å². The smallest absolute Gasteiger partial charge is 0.314 e. The first kappa shape index (κ1) is 22.8. The number of benzene rings is 1. The summed E-state index contributed by atoms with van der Waals surface area (Å²) in [6.07, 6.45) is -0.719. The zero-order valence-electron chi connectivity index (χ0n) is 18.2. The topological polar surface area (TPSA) is 107 Å². The van der Waals surface area contributed by atoms with E-state index in [1.807, 2.05) is 16.0 Å². The molecule has 0 spiro atoms. The molecule has 1 aromatic carbocycles. The number of aryl methyl sites for hydroxylation is 1. The summed E-state index contributed by atoms with van der Waals surface area (Å²) >= 11 is 1.44. The van der Waals surface area contributed by atoms with Crippen molar-refractivity contribution in [1.29, 1.82) is 0 Å². The second-order valence-electron chi connectivity index (χ2n) is 7.79. The van der Waals surface area contributed by atoms with Gasteiger partial charge in [0.15, 0.2) is 21.9 Å². The number of alkyl halides is 3. The second-order valence-corrected chi connectivity index (χ2v) is 8.66. The molecule has 0 aliphatic heterocycles. The van der Waals surface area contributed by atoms with E-state index in [0.29, 0.717) is 11.5 Å². The summed E-state index contributed by atoms with van der Waals surface area (Å²) in [5, 5.41) is 1.88. The van der Waals surface area contributed by atoms with Gasteiger partial charge in [0.2, 0.25) is 0 Å². The standard InChI is InChI=1S/C22H17F3N6O3S/c1-2-30-18-17(19(33)28-20(30)34)31(11-15(32)12-3-5-13(6-4-12)22(23,24)25)16(27-18)9-14-10-29-7-8-35-21(29)26-14/h3-8,10H,2,9,11H2,1H3,(H,28,33,34). The van der Waals surface area contributed by atoms with Gasteiger partial charge in [-0.3, -0.25) is 23.5 Å². The predicted octanol–water partition coefficient (Wildman–Crippen LogP) is 3.11. The average molecular weight is 502 g/mol. The molecule has 180 valence electrons. The van der Waals surface area contributed by atoms with Gasteiger partial charge in [0.1, 0.15) is 5.82 Å². The molecule has 5 rings (SSSR count). The third-order valence-electron chi connectivity index (χ3n) is 5.60. The maximum absolute atomic E-state index is 13.0. The van der Waals surface area contributed by atoms with Crippen molar-refractivity contribution >= 4 is 33.2 Å². The SMILES string of the molecule is CCn1c(=O)[nH]c(=O)c2c1nc(Cc1cn3ccsc3n1)n2CC(=O)c1ccc(C(F)(F)F)cc1. The molecule has 0 bridgehead atoms. The molecule has 0 atom stereocenters. The molecule has 4 aromatic heterocycles. The Morgan fingerprint density at radius 2 is 1.86 bits per heavy atom. The molecule has 0 aliphatic rings. The Hall–Kier alpha value is -4.00. The van der Waals surface area contributed by atoms with E-state index in [1.165, 1.54) is 20.5 Å². The molecule has 0 radical (unpaired) electrons. The van der Waals surface area contributed by atoms with Crippen LogP contribution in [0, 0.1) is 0 Å². The van der Waals surface area contributed by atoms with Crippen LogP contribution >= 0.6 is 11.3 Å². The van der Waals surface area contributed by atoms with Gasteiger partial charge in [-0.2, -0.15) is 13.2 Å². The number of imidazole rings is 2. The summed E-state index contributed by atoms with van der Waals surface area (Å²) < 4.78 is 43.2. The molecule has 0 aliphatic carbocycles. The van der Waals surface area contributed by atoms with Crippen molar-refractivity contribution in [1.82, 2.24) is 28.5 Å². The quantitative estimate of drug-likeness (QED) is 0.359. The number of aromatic nitrogens is 6. The highest BCUT2D eigenvalue weighted by Gasteiger charge is 2.30. The van der Waals surface area contributed by atoms with Crippen LogP contribution in [0.4, 0.5) is 13.2 Å². The van der Waals surface area contributed by atoms with E-state index in [9.17, 15) is 27.6 Å². The van der Waals surface area contributed by atoms with Crippen molar-refractivity contribution in [2.45, 2.75) is 32.6 Å². The molecule has 5 aromatic rings. The van der Waals surface area contributed by atoms with Gasteiger partial charge in [0.25, 0.3) is 5.56 Å². The van der Waals surface area contributed by atoms with Crippen LogP contribution in [0.3, 0.4) is 0 Å². The molecule has 0 amide bonds. The van der Waals surface area contributed by atoms with E-state index < -0.39 is 28.8 Å². The van der Waals surface area contributed by atoms with Crippen molar-refractivity contribution in [3.8, 4) is 0 Å². The Balaban J connectivity index is 1.59. The van der Waals surface area contributed by atoms with E-state index in [1.54, 1.807) is 13.1 Å². The first-order valence-corrected chi connectivity index (χ1v) is 11.4. The highest BCUT2D eigenvalue weighted by Crippen LogP contribution is 2.29. The van der Waals surface area contributed by atoms with Crippen LogP contribution in [0.2, 0.25) is 0 Å². The van der Waals surface area contributed by atoms with Gasteiger partial charge in [0, 0.05) is 36.3 Å². The number of hydrogen-bond acceptors (Lipinski definition) is 6. The van der Waals surface area contributed by atoms with Crippen molar-refractivity contribution < 1.29 is 18.0 Å². The van der Waals surface area contributed by atoms with Crippen molar-refractivity contribution in [2.75, 3.05) is 0 Å². The highest BCUT2D eigenvalue weighted by atomic mass is 32.1.